The zero-order chi connectivity index (χ0) is 10.4. The summed E-state index contributed by atoms with van der Waals surface area (Å²) in [7, 11) is 0. The number of aryl methyl sites for hydroxylation is 1. The molecule has 76 valence electrons. The van der Waals surface area contributed by atoms with Crippen LogP contribution in [0.3, 0.4) is 0 Å². The number of rotatable bonds is 5. The van der Waals surface area contributed by atoms with Gasteiger partial charge in [0.05, 0.1) is 0 Å². The number of hydrogen-bond acceptors (Lipinski definition) is 1. The highest BCUT2D eigenvalue weighted by Crippen LogP contribution is 2.14. The highest BCUT2D eigenvalue weighted by Gasteiger charge is 1.96. The quantitative estimate of drug-likeness (QED) is 0.645. The molecule has 14 heavy (non-hydrogen) atoms. The molecule has 0 radical (unpaired) electrons. The van der Waals surface area contributed by atoms with Crippen LogP contribution in [0.1, 0.15) is 25.8 Å². The van der Waals surface area contributed by atoms with Gasteiger partial charge in [-0.1, -0.05) is 32.6 Å². The Bertz CT molecular complexity index is 302. The lowest BCUT2D eigenvalue weighted by molar-refractivity contribution is 0.349. The van der Waals surface area contributed by atoms with Crippen molar-refractivity contribution in [2.75, 3.05) is 6.61 Å². The van der Waals surface area contributed by atoms with E-state index in [1.807, 2.05) is 12.1 Å². The molecule has 0 aliphatic rings. The molecule has 0 aliphatic heterocycles. The van der Waals surface area contributed by atoms with Gasteiger partial charge in [-0.05, 0) is 36.1 Å². The van der Waals surface area contributed by atoms with E-state index in [4.69, 9.17) is 4.74 Å². The van der Waals surface area contributed by atoms with E-state index in [1.165, 1.54) is 5.56 Å². The zero-order valence-corrected chi connectivity index (χ0v) is 9.05. The minimum Gasteiger partial charge on any atom is -0.489 e. The minimum absolute atomic E-state index is 0.629. The standard InChI is InChI=1S/C13H18O/c1-4-11(3)10-14-13-8-6-7-12(5-2)9-13/h6-9H,3-5,10H2,1-2H3. The van der Waals surface area contributed by atoms with Crippen molar-refractivity contribution in [1.82, 2.24) is 0 Å². The molecular weight excluding hydrogens is 172 g/mol. The minimum atomic E-state index is 0.629. The van der Waals surface area contributed by atoms with E-state index < -0.39 is 0 Å². The van der Waals surface area contributed by atoms with Crippen LogP contribution in [0.2, 0.25) is 0 Å². The molecule has 0 amide bonds. The Hall–Kier alpha value is -1.24. The van der Waals surface area contributed by atoms with Crippen molar-refractivity contribution in [3.63, 3.8) is 0 Å². The first-order valence-corrected chi connectivity index (χ1v) is 5.14. The van der Waals surface area contributed by atoms with Crippen molar-refractivity contribution in [2.45, 2.75) is 26.7 Å². The normalized spacial score (nSPS) is 9.86. The average molecular weight is 190 g/mol. The maximum Gasteiger partial charge on any atom is 0.120 e. The van der Waals surface area contributed by atoms with E-state index in [9.17, 15) is 0 Å². The monoisotopic (exact) mass is 190 g/mol. The summed E-state index contributed by atoms with van der Waals surface area (Å²) in [5.41, 5.74) is 2.44. The third kappa shape index (κ3) is 3.25. The zero-order valence-electron chi connectivity index (χ0n) is 9.05. The second-order valence-corrected chi connectivity index (χ2v) is 3.39. The van der Waals surface area contributed by atoms with Gasteiger partial charge in [-0.25, -0.2) is 0 Å². The SMILES string of the molecule is C=C(CC)COc1cccc(CC)c1. The molecule has 0 saturated heterocycles. The van der Waals surface area contributed by atoms with Gasteiger partial charge in [0.25, 0.3) is 0 Å². The molecule has 0 saturated carbocycles. The Morgan fingerprint density at radius 1 is 1.36 bits per heavy atom. The molecule has 0 unspecified atom stereocenters. The molecular formula is C13H18O. The lowest BCUT2D eigenvalue weighted by Crippen LogP contribution is -1.99. The fourth-order valence-electron chi connectivity index (χ4n) is 1.14. The van der Waals surface area contributed by atoms with E-state index in [0.29, 0.717) is 6.61 Å². The van der Waals surface area contributed by atoms with E-state index >= 15 is 0 Å². The van der Waals surface area contributed by atoms with Crippen LogP contribution in [0, 0.1) is 0 Å². The molecule has 1 heteroatoms. The Balaban J connectivity index is 2.54. The molecule has 0 bridgehead atoms. The van der Waals surface area contributed by atoms with Crippen LogP contribution in [0.5, 0.6) is 5.75 Å². The van der Waals surface area contributed by atoms with Gasteiger partial charge in [0.2, 0.25) is 0 Å². The number of hydrogen-bond donors (Lipinski definition) is 0. The van der Waals surface area contributed by atoms with Crippen molar-refractivity contribution < 1.29 is 4.74 Å². The van der Waals surface area contributed by atoms with Crippen LogP contribution in [0.4, 0.5) is 0 Å². The van der Waals surface area contributed by atoms with Crippen LogP contribution < -0.4 is 4.74 Å². The topological polar surface area (TPSA) is 9.23 Å². The predicted octanol–water partition coefficient (Wildman–Crippen LogP) is 3.59. The summed E-state index contributed by atoms with van der Waals surface area (Å²) in [5.74, 6) is 0.943. The van der Waals surface area contributed by atoms with Crippen LogP contribution >= 0.6 is 0 Å². The maximum absolute atomic E-state index is 5.60. The van der Waals surface area contributed by atoms with Crippen molar-refractivity contribution in [2.24, 2.45) is 0 Å². The molecule has 0 N–H and O–H groups in total. The Morgan fingerprint density at radius 2 is 2.14 bits per heavy atom. The van der Waals surface area contributed by atoms with Gasteiger partial charge in [-0.2, -0.15) is 0 Å². The first-order valence-electron chi connectivity index (χ1n) is 5.14. The molecule has 1 nitrogen and oxygen atoms in total. The van der Waals surface area contributed by atoms with Gasteiger partial charge >= 0.3 is 0 Å². The van der Waals surface area contributed by atoms with Crippen LogP contribution in [-0.4, -0.2) is 6.61 Å². The first-order chi connectivity index (χ1) is 6.76. The maximum atomic E-state index is 5.60. The third-order valence-corrected chi connectivity index (χ3v) is 2.25. The van der Waals surface area contributed by atoms with E-state index in [0.717, 1.165) is 24.2 Å². The fourth-order valence-corrected chi connectivity index (χ4v) is 1.14. The molecule has 0 heterocycles. The summed E-state index contributed by atoms with van der Waals surface area (Å²) in [5, 5.41) is 0. The third-order valence-electron chi connectivity index (χ3n) is 2.25. The Morgan fingerprint density at radius 3 is 2.79 bits per heavy atom. The largest absolute Gasteiger partial charge is 0.489 e. The van der Waals surface area contributed by atoms with Gasteiger partial charge < -0.3 is 4.74 Å². The highest BCUT2D eigenvalue weighted by molar-refractivity contribution is 5.28. The summed E-state index contributed by atoms with van der Waals surface area (Å²) in [6.45, 7) is 8.77. The second-order valence-electron chi connectivity index (χ2n) is 3.39. The highest BCUT2D eigenvalue weighted by atomic mass is 16.5. The number of ether oxygens (including phenoxy) is 1. The molecule has 1 aromatic carbocycles. The van der Waals surface area contributed by atoms with E-state index in [1.54, 1.807) is 0 Å². The summed E-state index contributed by atoms with van der Waals surface area (Å²) in [4.78, 5) is 0. The first kappa shape index (κ1) is 10.8. The van der Waals surface area contributed by atoms with Gasteiger partial charge in [-0.3, -0.25) is 0 Å². The summed E-state index contributed by atoms with van der Waals surface area (Å²) < 4.78 is 5.60. The molecule has 0 fully saturated rings. The average Bonchev–Trinajstić information content (AvgIpc) is 2.26. The Kier molecular flexibility index (Phi) is 4.24. The molecule has 0 aromatic heterocycles. The van der Waals surface area contributed by atoms with Gasteiger partial charge in [0.15, 0.2) is 0 Å². The predicted molar refractivity (Wildman–Crippen MR) is 60.7 cm³/mol. The molecule has 1 rings (SSSR count). The second kappa shape index (κ2) is 5.48. The van der Waals surface area contributed by atoms with Gasteiger partial charge in [-0.15, -0.1) is 0 Å². The van der Waals surface area contributed by atoms with Gasteiger partial charge in [0, 0.05) is 0 Å². The lowest BCUT2D eigenvalue weighted by atomic mass is 10.2. The van der Waals surface area contributed by atoms with Crippen LogP contribution in [0.15, 0.2) is 36.4 Å². The van der Waals surface area contributed by atoms with Crippen molar-refractivity contribution >= 4 is 0 Å². The lowest BCUT2D eigenvalue weighted by Gasteiger charge is -2.07. The summed E-state index contributed by atoms with van der Waals surface area (Å²) in [6.07, 6.45) is 2.03. The van der Waals surface area contributed by atoms with Gasteiger partial charge in [0.1, 0.15) is 12.4 Å². The van der Waals surface area contributed by atoms with Crippen molar-refractivity contribution in [1.29, 1.82) is 0 Å². The van der Waals surface area contributed by atoms with E-state index in [2.05, 4.69) is 32.6 Å². The fraction of sp³-hybridized carbons (Fsp3) is 0.385. The number of benzene rings is 1. The van der Waals surface area contributed by atoms with Crippen molar-refractivity contribution in [3.8, 4) is 5.75 Å². The summed E-state index contributed by atoms with van der Waals surface area (Å²) >= 11 is 0. The van der Waals surface area contributed by atoms with Crippen LogP contribution in [0.25, 0.3) is 0 Å². The molecule has 0 atom stereocenters. The Labute approximate surface area is 86.4 Å². The molecule has 1 aromatic rings. The van der Waals surface area contributed by atoms with Crippen LogP contribution in [-0.2, 0) is 6.42 Å². The summed E-state index contributed by atoms with van der Waals surface area (Å²) in [6, 6.07) is 8.22. The van der Waals surface area contributed by atoms with E-state index in [-0.39, 0.29) is 0 Å². The smallest absolute Gasteiger partial charge is 0.120 e. The van der Waals surface area contributed by atoms with Crippen molar-refractivity contribution in [3.05, 3.63) is 42.0 Å². The molecule has 0 spiro atoms. The molecule has 0 aliphatic carbocycles.